The highest BCUT2D eigenvalue weighted by molar-refractivity contribution is 6.32. The molecule has 1 aliphatic heterocycles. The van der Waals surface area contributed by atoms with Gasteiger partial charge in [0.25, 0.3) is 0 Å². The van der Waals surface area contributed by atoms with Crippen LogP contribution in [-0.4, -0.2) is 25.5 Å². The number of benzene rings is 3. The Morgan fingerprint density at radius 1 is 1.03 bits per heavy atom. The standard InChI is InChI=1S/C25H22Cl3N3O4/c1-34-22-12-19(11-21(28)24(22)35-14-15-2-4-17(26)5-3-15)29-30-25(33)16-10-23(32)31(13-16)20-8-6-18(27)7-9-20/h2-9,11-12,16,29H,10,13-14H2,1H3,(H,30,33)/t16-/m1/s1. The van der Waals surface area contributed by atoms with Crippen molar-refractivity contribution in [3.05, 3.63) is 81.3 Å². The maximum absolute atomic E-state index is 12.7. The summed E-state index contributed by atoms with van der Waals surface area (Å²) < 4.78 is 11.3. The van der Waals surface area contributed by atoms with E-state index in [2.05, 4.69) is 10.9 Å². The quantitative estimate of drug-likeness (QED) is 0.361. The Morgan fingerprint density at radius 2 is 1.69 bits per heavy atom. The summed E-state index contributed by atoms with van der Waals surface area (Å²) in [5, 5.41) is 1.52. The number of ether oxygens (including phenoxy) is 2. The number of nitrogens with one attached hydrogen (secondary N) is 2. The SMILES string of the molecule is COc1cc(NNC(=O)[C@@H]2CC(=O)N(c3ccc(Cl)cc3)C2)cc(Cl)c1OCc1ccc(Cl)cc1. The Labute approximate surface area is 217 Å². The number of amides is 2. The summed E-state index contributed by atoms with van der Waals surface area (Å²) in [5.74, 6) is -0.175. The van der Waals surface area contributed by atoms with Crippen LogP contribution in [0.15, 0.2) is 60.7 Å². The van der Waals surface area contributed by atoms with E-state index in [1.165, 1.54) is 7.11 Å². The van der Waals surface area contributed by atoms with Crippen LogP contribution in [0.5, 0.6) is 11.5 Å². The fraction of sp³-hybridized carbons (Fsp3) is 0.200. The van der Waals surface area contributed by atoms with Crippen LogP contribution in [0.1, 0.15) is 12.0 Å². The topological polar surface area (TPSA) is 79.9 Å². The molecule has 1 aliphatic rings. The Morgan fingerprint density at radius 3 is 2.34 bits per heavy atom. The zero-order valence-electron chi connectivity index (χ0n) is 18.7. The van der Waals surface area contributed by atoms with Gasteiger partial charge in [0.1, 0.15) is 6.61 Å². The van der Waals surface area contributed by atoms with Gasteiger partial charge in [0.05, 0.1) is 23.7 Å². The van der Waals surface area contributed by atoms with Gasteiger partial charge in [0.15, 0.2) is 11.5 Å². The molecule has 0 radical (unpaired) electrons. The van der Waals surface area contributed by atoms with Gasteiger partial charge in [0.2, 0.25) is 11.8 Å². The zero-order chi connectivity index (χ0) is 24.9. The van der Waals surface area contributed by atoms with E-state index >= 15 is 0 Å². The van der Waals surface area contributed by atoms with Gasteiger partial charge in [-0.3, -0.25) is 20.4 Å². The molecule has 35 heavy (non-hydrogen) atoms. The first-order chi connectivity index (χ1) is 16.8. The lowest BCUT2D eigenvalue weighted by Crippen LogP contribution is -2.36. The second-order valence-electron chi connectivity index (χ2n) is 7.90. The second-order valence-corrected chi connectivity index (χ2v) is 9.18. The fourth-order valence-corrected chi connectivity index (χ4v) is 4.18. The average molecular weight is 535 g/mol. The molecule has 1 saturated heterocycles. The lowest BCUT2D eigenvalue weighted by atomic mass is 10.1. The summed E-state index contributed by atoms with van der Waals surface area (Å²) >= 11 is 18.3. The number of anilines is 2. The second kappa shape index (κ2) is 11.1. The molecule has 0 spiro atoms. The number of rotatable bonds is 8. The average Bonchev–Trinajstić information content (AvgIpc) is 3.24. The van der Waals surface area contributed by atoms with Crippen molar-refractivity contribution in [1.82, 2.24) is 5.43 Å². The van der Waals surface area contributed by atoms with Gasteiger partial charge in [-0.1, -0.05) is 46.9 Å². The molecular formula is C25H22Cl3N3O4. The van der Waals surface area contributed by atoms with Crippen molar-refractivity contribution in [3.63, 3.8) is 0 Å². The van der Waals surface area contributed by atoms with Crippen LogP contribution in [-0.2, 0) is 16.2 Å². The Hall–Kier alpha value is -3.13. The highest BCUT2D eigenvalue weighted by Crippen LogP contribution is 2.38. The Bertz CT molecular complexity index is 1220. The summed E-state index contributed by atoms with van der Waals surface area (Å²) in [5.41, 5.74) is 7.60. The molecule has 182 valence electrons. The number of hydrogen-bond donors (Lipinski definition) is 2. The van der Waals surface area contributed by atoms with Crippen LogP contribution in [0.3, 0.4) is 0 Å². The third kappa shape index (κ3) is 6.11. The Kier molecular flexibility index (Phi) is 7.90. The van der Waals surface area contributed by atoms with Crippen LogP contribution >= 0.6 is 34.8 Å². The van der Waals surface area contributed by atoms with Gasteiger partial charge in [-0.05, 0) is 48.0 Å². The predicted octanol–water partition coefficient (Wildman–Crippen LogP) is 5.73. The zero-order valence-corrected chi connectivity index (χ0v) is 21.0. The molecule has 0 aliphatic carbocycles. The molecule has 3 aromatic rings. The molecule has 10 heteroatoms. The molecule has 7 nitrogen and oxygen atoms in total. The summed E-state index contributed by atoms with van der Waals surface area (Å²) in [4.78, 5) is 26.7. The van der Waals surface area contributed by atoms with E-state index in [9.17, 15) is 9.59 Å². The van der Waals surface area contributed by atoms with Crippen molar-refractivity contribution in [2.75, 3.05) is 24.0 Å². The van der Waals surface area contributed by atoms with E-state index in [0.717, 1.165) is 5.56 Å². The molecule has 1 atom stereocenters. The lowest BCUT2D eigenvalue weighted by Gasteiger charge is -2.18. The maximum atomic E-state index is 12.7. The number of methoxy groups -OCH3 is 1. The van der Waals surface area contributed by atoms with Crippen molar-refractivity contribution in [2.24, 2.45) is 5.92 Å². The van der Waals surface area contributed by atoms with Gasteiger partial charge >= 0.3 is 0 Å². The first-order valence-electron chi connectivity index (χ1n) is 10.7. The van der Waals surface area contributed by atoms with Crippen molar-refractivity contribution in [3.8, 4) is 11.5 Å². The van der Waals surface area contributed by atoms with Gasteiger partial charge in [-0.2, -0.15) is 0 Å². The van der Waals surface area contributed by atoms with Crippen LogP contribution in [0.4, 0.5) is 11.4 Å². The molecule has 1 fully saturated rings. The molecule has 2 N–H and O–H groups in total. The minimum Gasteiger partial charge on any atom is -0.493 e. The summed E-state index contributed by atoms with van der Waals surface area (Å²) in [7, 11) is 1.50. The van der Waals surface area contributed by atoms with E-state index in [0.29, 0.717) is 37.9 Å². The molecule has 4 rings (SSSR count). The third-order valence-electron chi connectivity index (χ3n) is 5.49. The van der Waals surface area contributed by atoms with Crippen LogP contribution in [0, 0.1) is 5.92 Å². The smallest absolute Gasteiger partial charge is 0.243 e. The van der Waals surface area contributed by atoms with Crippen molar-refractivity contribution >= 4 is 58.0 Å². The van der Waals surface area contributed by atoms with E-state index < -0.39 is 5.92 Å². The molecule has 0 unspecified atom stereocenters. The number of nitrogens with zero attached hydrogens (tertiary/aromatic N) is 1. The highest BCUT2D eigenvalue weighted by atomic mass is 35.5. The van der Waals surface area contributed by atoms with Crippen LogP contribution < -0.4 is 25.2 Å². The molecular weight excluding hydrogens is 513 g/mol. The number of carbonyl (C=O) groups is 2. The van der Waals surface area contributed by atoms with Gasteiger partial charge < -0.3 is 14.4 Å². The third-order valence-corrected chi connectivity index (χ3v) is 6.27. The number of carbonyl (C=O) groups excluding carboxylic acids is 2. The minimum atomic E-state index is -0.509. The first-order valence-corrected chi connectivity index (χ1v) is 11.8. The monoisotopic (exact) mass is 533 g/mol. The van der Waals surface area contributed by atoms with Gasteiger partial charge in [-0.15, -0.1) is 0 Å². The normalized spacial score (nSPS) is 15.1. The first kappa shape index (κ1) is 25.0. The van der Waals surface area contributed by atoms with E-state index in [4.69, 9.17) is 44.3 Å². The summed E-state index contributed by atoms with van der Waals surface area (Å²) in [6, 6.07) is 17.5. The molecule has 0 saturated carbocycles. The van der Waals surface area contributed by atoms with Gasteiger partial charge in [0, 0.05) is 34.8 Å². The summed E-state index contributed by atoms with van der Waals surface area (Å²) in [6.07, 6.45) is 0.109. The maximum Gasteiger partial charge on any atom is 0.243 e. The van der Waals surface area contributed by atoms with Gasteiger partial charge in [-0.25, -0.2) is 0 Å². The lowest BCUT2D eigenvalue weighted by molar-refractivity contribution is -0.125. The fourth-order valence-electron chi connectivity index (χ4n) is 3.66. The van der Waals surface area contributed by atoms with Crippen LogP contribution in [0.25, 0.3) is 0 Å². The summed E-state index contributed by atoms with van der Waals surface area (Å²) in [6.45, 7) is 0.548. The number of hydrogen-bond acceptors (Lipinski definition) is 5. The van der Waals surface area contributed by atoms with E-state index in [-0.39, 0.29) is 31.4 Å². The predicted molar refractivity (Wildman–Crippen MR) is 137 cm³/mol. The Balaban J connectivity index is 1.37. The van der Waals surface area contributed by atoms with Crippen molar-refractivity contribution in [1.29, 1.82) is 0 Å². The molecule has 3 aromatic carbocycles. The molecule has 0 bridgehead atoms. The number of hydrazine groups is 1. The molecule has 1 heterocycles. The van der Waals surface area contributed by atoms with Crippen molar-refractivity contribution < 1.29 is 19.1 Å². The molecule has 2 amide bonds. The van der Waals surface area contributed by atoms with Crippen molar-refractivity contribution in [2.45, 2.75) is 13.0 Å². The van der Waals surface area contributed by atoms with Crippen LogP contribution in [0.2, 0.25) is 15.1 Å². The highest BCUT2D eigenvalue weighted by Gasteiger charge is 2.35. The number of halogens is 3. The van der Waals surface area contributed by atoms with E-state index in [1.54, 1.807) is 53.4 Å². The minimum absolute atomic E-state index is 0.109. The van der Waals surface area contributed by atoms with E-state index in [1.807, 2.05) is 12.1 Å². The molecule has 0 aromatic heterocycles. The largest absolute Gasteiger partial charge is 0.493 e.